The van der Waals surface area contributed by atoms with Crippen LogP contribution in [0.3, 0.4) is 0 Å². The lowest BCUT2D eigenvalue weighted by Gasteiger charge is -2.39. The summed E-state index contributed by atoms with van der Waals surface area (Å²) in [7, 11) is 3.16. The number of carbonyl (C=O) groups is 1. The summed E-state index contributed by atoms with van der Waals surface area (Å²) in [5, 5.41) is 10.6. The van der Waals surface area contributed by atoms with Crippen LogP contribution in [0.2, 0.25) is 0 Å². The van der Waals surface area contributed by atoms with Gasteiger partial charge in [0.05, 0.1) is 20.8 Å². The molecule has 0 aliphatic carbocycles. The van der Waals surface area contributed by atoms with Gasteiger partial charge in [0, 0.05) is 11.4 Å². The minimum absolute atomic E-state index is 0.0281. The number of carboxylic acid groups (broad SMARTS) is 1. The van der Waals surface area contributed by atoms with Gasteiger partial charge in [0.2, 0.25) is 6.10 Å². The van der Waals surface area contributed by atoms with Gasteiger partial charge in [0.25, 0.3) is 0 Å². The molecular weight excluding hydrogens is 496 g/mol. The third-order valence-electron chi connectivity index (χ3n) is 6.35. The zero-order chi connectivity index (χ0) is 27.8. The second-order valence-corrected chi connectivity index (χ2v) is 9.02. The molecule has 0 fully saturated rings. The van der Waals surface area contributed by atoms with Crippen molar-refractivity contribution in [2.75, 3.05) is 20.8 Å². The predicted molar refractivity (Wildman–Crippen MR) is 146 cm³/mol. The number of aryl methyl sites for hydroxylation is 2. The summed E-state index contributed by atoms with van der Waals surface area (Å²) in [5.74, 6) is 0.0144. The Kier molecular flexibility index (Phi) is 8.78. The van der Waals surface area contributed by atoms with E-state index in [1.165, 1.54) is 0 Å². The molecule has 3 aromatic carbocycles. The van der Waals surface area contributed by atoms with Crippen LogP contribution in [0.5, 0.6) is 17.5 Å². The van der Waals surface area contributed by atoms with E-state index in [0.29, 0.717) is 40.4 Å². The average Bonchev–Trinajstić information content (AvgIpc) is 2.94. The van der Waals surface area contributed by atoms with Crippen LogP contribution in [0.4, 0.5) is 0 Å². The van der Waals surface area contributed by atoms with Crippen molar-refractivity contribution < 1.29 is 28.8 Å². The number of rotatable bonds is 12. The van der Waals surface area contributed by atoms with Crippen molar-refractivity contribution in [3.8, 4) is 17.5 Å². The molecule has 0 aliphatic rings. The van der Waals surface area contributed by atoms with Crippen molar-refractivity contribution in [3.05, 3.63) is 113 Å². The summed E-state index contributed by atoms with van der Waals surface area (Å²) in [6.45, 7) is 3.79. The lowest BCUT2D eigenvalue weighted by atomic mass is 9.81. The van der Waals surface area contributed by atoms with Crippen LogP contribution >= 0.6 is 0 Å². The van der Waals surface area contributed by atoms with Crippen LogP contribution in [0, 0.1) is 13.8 Å². The van der Waals surface area contributed by atoms with E-state index in [0.717, 1.165) is 5.56 Å². The molecule has 0 saturated carbocycles. The Morgan fingerprint density at radius 1 is 0.821 bits per heavy atom. The van der Waals surface area contributed by atoms with E-state index >= 15 is 0 Å². The number of ether oxygens (including phenoxy) is 4. The maximum atomic E-state index is 13.0. The van der Waals surface area contributed by atoms with Gasteiger partial charge in [-0.25, -0.2) is 14.8 Å². The Labute approximate surface area is 228 Å². The molecule has 0 radical (unpaired) electrons. The molecule has 4 aromatic rings. The minimum Gasteiger partial charge on any atom is -0.493 e. The van der Waals surface area contributed by atoms with Gasteiger partial charge >= 0.3 is 12.0 Å². The maximum absolute atomic E-state index is 13.0. The molecule has 39 heavy (non-hydrogen) atoms. The maximum Gasteiger partial charge on any atom is 0.348 e. The van der Waals surface area contributed by atoms with Crippen molar-refractivity contribution >= 4 is 5.97 Å². The number of hydrogen-bond acceptors (Lipinski definition) is 7. The van der Waals surface area contributed by atoms with E-state index in [1.807, 2.05) is 78.9 Å². The third kappa shape index (κ3) is 6.18. The third-order valence-corrected chi connectivity index (χ3v) is 6.35. The molecule has 1 heterocycles. The lowest BCUT2D eigenvalue weighted by molar-refractivity contribution is -0.164. The summed E-state index contributed by atoms with van der Waals surface area (Å²) in [6.07, 6.45) is -1.03. The smallest absolute Gasteiger partial charge is 0.348 e. The summed E-state index contributed by atoms with van der Waals surface area (Å²) in [5.41, 5.74) is 2.00. The number of aromatic nitrogens is 2. The first-order valence-corrected chi connectivity index (χ1v) is 12.5. The van der Waals surface area contributed by atoms with Gasteiger partial charge in [0.15, 0.2) is 17.1 Å². The second kappa shape index (κ2) is 12.4. The van der Waals surface area contributed by atoms with E-state index in [9.17, 15) is 9.90 Å². The summed E-state index contributed by atoms with van der Waals surface area (Å²) >= 11 is 0. The molecular formula is C31H32N2O6. The molecule has 202 valence electrons. The van der Waals surface area contributed by atoms with Crippen molar-refractivity contribution in [2.45, 2.75) is 32.0 Å². The molecule has 0 spiro atoms. The Morgan fingerprint density at radius 2 is 1.38 bits per heavy atom. The van der Waals surface area contributed by atoms with Gasteiger partial charge in [0.1, 0.15) is 0 Å². The molecule has 0 amide bonds. The SMILES string of the molecule is COc1ccc(CCOC(c2ccccc2)(c2ccccc2)[C@@H](Oc2nc(C)cc(C)n2)C(=O)O)cc1OC. The molecule has 1 aromatic heterocycles. The summed E-state index contributed by atoms with van der Waals surface area (Å²) in [6, 6.07) is 25.9. The van der Waals surface area contributed by atoms with E-state index < -0.39 is 17.7 Å². The Morgan fingerprint density at radius 3 is 1.90 bits per heavy atom. The van der Waals surface area contributed by atoms with E-state index in [-0.39, 0.29) is 12.6 Å². The van der Waals surface area contributed by atoms with Gasteiger partial charge in [-0.3, -0.25) is 0 Å². The fourth-order valence-corrected chi connectivity index (χ4v) is 4.61. The largest absolute Gasteiger partial charge is 0.493 e. The average molecular weight is 529 g/mol. The zero-order valence-corrected chi connectivity index (χ0v) is 22.5. The predicted octanol–water partition coefficient (Wildman–Crippen LogP) is 5.15. The van der Waals surface area contributed by atoms with E-state index in [1.54, 1.807) is 34.1 Å². The molecule has 1 N–H and O–H groups in total. The van der Waals surface area contributed by atoms with Gasteiger partial charge in [-0.15, -0.1) is 0 Å². The van der Waals surface area contributed by atoms with Crippen molar-refractivity contribution in [1.82, 2.24) is 9.97 Å². The molecule has 4 rings (SSSR count). The quantitative estimate of drug-likeness (QED) is 0.270. The van der Waals surface area contributed by atoms with Crippen LogP contribution in [0.15, 0.2) is 84.9 Å². The highest BCUT2D eigenvalue weighted by molar-refractivity contribution is 5.76. The molecule has 0 unspecified atom stereocenters. The zero-order valence-electron chi connectivity index (χ0n) is 22.5. The Balaban J connectivity index is 1.79. The molecule has 1 atom stereocenters. The van der Waals surface area contributed by atoms with Crippen molar-refractivity contribution in [3.63, 3.8) is 0 Å². The van der Waals surface area contributed by atoms with Crippen LogP contribution in [-0.4, -0.2) is 48.0 Å². The van der Waals surface area contributed by atoms with E-state index in [2.05, 4.69) is 9.97 Å². The molecule has 8 heteroatoms. The summed E-state index contributed by atoms with van der Waals surface area (Å²) in [4.78, 5) is 21.6. The number of carboxylic acids is 1. The van der Waals surface area contributed by atoms with E-state index in [4.69, 9.17) is 18.9 Å². The van der Waals surface area contributed by atoms with Crippen LogP contribution < -0.4 is 14.2 Å². The first-order valence-electron chi connectivity index (χ1n) is 12.5. The van der Waals surface area contributed by atoms with Crippen molar-refractivity contribution in [2.24, 2.45) is 0 Å². The fraction of sp³-hybridized carbons (Fsp3) is 0.258. The topological polar surface area (TPSA) is 100 Å². The molecule has 0 aliphatic heterocycles. The highest BCUT2D eigenvalue weighted by Crippen LogP contribution is 2.39. The monoisotopic (exact) mass is 528 g/mol. The van der Waals surface area contributed by atoms with Gasteiger partial charge in [-0.05, 0) is 55.2 Å². The normalized spacial score (nSPS) is 12.0. The molecule has 0 bridgehead atoms. The summed E-state index contributed by atoms with van der Waals surface area (Å²) < 4.78 is 23.5. The van der Waals surface area contributed by atoms with Crippen molar-refractivity contribution in [1.29, 1.82) is 0 Å². The second-order valence-electron chi connectivity index (χ2n) is 9.02. The van der Waals surface area contributed by atoms with Crippen LogP contribution in [-0.2, 0) is 21.6 Å². The Hall–Kier alpha value is -4.43. The van der Waals surface area contributed by atoms with Gasteiger partial charge in [-0.2, -0.15) is 0 Å². The van der Waals surface area contributed by atoms with Gasteiger partial charge < -0.3 is 24.1 Å². The Bertz CT molecular complexity index is 1340. The molecule has 0 saturated heterocycles. The highest BCUT2D eigenvalue weighted by Gasteiger charge is 2.50. The number of hydrogen-bond donors (Lipinski definition) is 1. The minimum atomic E-state index is -1.52. The molecule has 8 nitrogen and oxygen atoms in total. The standard InChI is InChI=1S/C31H32N2O6/c1-21-19-22(2)33-30(32-21)39-28(29(34)35)31(24-11-7-5-8-12-24,25-13-9-6-10-14-25)38-18-17-23-15-16-26(36-3)27(20-23)37-4/h5-16,19-20,28H,17-18H2,1-4H3,(H,34,35)/t28-/m0/s1. The first kappa shape index (κ1) is 27.6. The van der Waals surface area contributed by atoms with Gasteiger partial charge in [-0.1, -0.05) is 66.7 Å². The lowest BCUT2D eigenvalue weighted by Crippen LogP contribution is -2.51. The number of methoxy groups -OCH3 is 2. The fourth-order valence-electron chi connectivity index (χ4n) is 4.61. The number of benzene rings is 3. The van der Waals surface area contributed by atoms with Crippen LogP contribution in [0.25, 0.3) is 0 Å². The van der Waals surface area contributed by atoms with Crippen LogP contribution in [0.1, 0.15) is 28.1 Å². The number of aliphatic carboxylic acids is 1. The first-order chi connectivity index (χ1) is 18.9. The number of nitrogens with zero attached hydrogens (tertiary/aromatic N) is 2. The highest BCUT2D eigenvalue weighted by atomic mass is 16.6.